The molecule has 3 amide bonds. The summed E-state index contributed by atoms with van der Waals surface area (Å²) in [6.07, 6.45) is 1.30. The molecule has 3 unspecified atom stereocenters. The highest BCUT2D eigenvalue weighted by molar-refractivity contribution is 8.01. The Bertz CT molecular complexity index is 990. The first-order valence-corrected chi connectivity index (χ1v) is 11.7. The van der Waals surface area contributed by atoms with Crippen LogP contribution >= 0.6 is 23.1 Å². The van der Waals surface area contributed by atoms with Crippen molar-refractivity contribution in [3.8, 4) is 11.3 Å². The Labute approximate surface area is 183 Å². The van der Waals surface area contributed by atoms with Crippen molar-refractivity contribution >= 4 is 46.0 Å². The van der Waals surface area contributed by atoms with E-state index >= 15 is 0 Å². The number of carbonyl (C=O) groups is 3. The zero-order valence-electron chi connectivity index (χ0n) is 17.1. The van der Waals surface area contributed by atoms with Crippen LogP contribution in [0.25, 0.3) is 11.3 Å². The van der Waals surface area contributed by atoms with E-state index in [9.17, 15) is 14.4 Å². The van der Waals surface area contributed by atoms with Crippen LogP contribution in [0.3, 0.4) is 0 Å². The topological polar surface area (TPSA) is 91.4 Å². The Morgan fingerprint density at radius 2 is 2.03 bits per heavy atom. The van der Waals surface area contributed by atoms with E-state index in [-0.39, 0.29) is 28.6 Å². The maximum Gasteiger partial charge on any atom is 0.249 e. The van der Waals surface area contributed by atoms with Crippen LogP contribution in [0.15, 0.2) is 29.6 Å². The van der Waals surface area contributed by atoms with Crippen LogP contribution in [0.1, 0.15) is 45.2 Å². The molecule has 2 aliphatic heterocycles. The second kappa shape index (κ2) is 8.03. The number of nitrogens with one attached hydrogen (secondary N) is 2. The summed E-state index contributed by atoms with van der Waals surface area (Å²) in [5, 5.41) is 8.18. The highest BCUT2D eigenvalue weighted by Crippen LogP contribution is 2.47. The molecular formula is C21H24N4O3S2. The molecule has 1 aromatic carbocycles. The average Bonchev–Trinajstić information content (AvgIpc) is 3.37. The molecule has 7 nitrogen and oxygen atoms in total. The first-order valence-electron chi connectivity index (χ1n) is 9.87. The van der Waals surface area contributed by atoms with E-state index in [1.54, 1.807) is 16.7 Å². The van der Waals surface area contributed by atoms with E-state index in [0.717, 1.165) is 23.2 Å². The lowest BCUT2D eigenvalue weighted by molar-refractivity contribution is -0.135. The van der Waals surface area contributed by atoms with Crippen molar-refractivity contribution in [2.45, 2.75) is 50.6 Å². The van der Waals surface area contributed by atoms with Gasteiger partial charge in [0.05, 0.1) is 16.6 Å². The van der Waals surface area contributed by atoms with Crippen molar-refractivity contribution in [2.75, 3.05) is 11.1 Å². The van der Waals surface area contributed by atoms with Crippen LogP contribution in [0.5, 0.6) is 0 Å². The molecule has 2 aliphatic rings. The van der Waals surface area contributed by atoms with Crippen LogP contribution in [0.2, 0.25) is 0 Å². The number of thiazole rings is 1. The summed E-state index contributed by atoms with van der Waals surface area (Å²) >= 11 is 3.04. The largest absolute Gasteiger partial charge is 0.350 e. The molecule has 3 atom stereocenters. The molecule has 0 bridgehead atoms. The fourth-order valence-corrected chi connectivity index (χ4v) is 6.15. The zero-order valence-corrected chi connectivity index (χ0v) is 18.7. The van der Waals surface area contributed by atoms with Crippen molar-refractivity contribution in [3.63, 3.8) is 0 Å². The summed E-state index contributed by atoms with van der Waals surface area (Å²) in [6.45, 7) is 5.47. The highest BCUT2D eigenvalue weighted by atomic mass is 32.2. The van der Waals surface area contributed by atoms with Gasteiger partial charge in [0, 0.05) is 30.0 Å². The van der Waals surface area contributed by atoms with Crippen molar-refractivity contribution in [3.05, 3.63) is 35.2 Å². The third-order valence-corrected chi connectivity index (χ3v) is 7.87. The van der Waals surface area contributed by atoms with Gasteiger partial charge in [-0.3, -0.25) is 14.4 Å². The van der Waals surface area contributed by atoms with Gasteiger partial charge in [0.15, 0.2) is 5.13 Å². The van der Waals surface area contributed by atoms with E-state index in [0.29, 0.717) is 17.3 Å². The van der Waals surface area contributed by atoms with Gasteiger partial charge in [-0.15, -0.1) is 23.1 Å². The van der Waals surface area contributed by atoms with E-state index in [1.165, 1.54) is 18.3 Å². The van der Waals surface area contributed by atoms with Gasteiger partial charge in [-0.1, -0.05) is 24.3 Å². The molecule has 2 aromatic rings. The molecule has 0 aliphatic carbocycles. The van der Waals surface area contributed by atoms with Gasteiger partial charge in [0.2, 0.25) is 17.7 Å². The van der Waals surface area contributed by atoms with Gasteiger partial charge in [0.1, 0.15) is 6.04 Å². The molecule has 2 fully saturated rings. The Balaban J connectivity index is 1.43. The van der Waals surface area contributed by atoms with Crippen LogP contribution in [-0.2, 0) is 14.4 Å². The number of thioether (sulfide) groups is 1. The van der Waals surface area contributed by atoms with Gasteiger partial charge in [-0.25, -0.2) is 4.98 Å². The first-order chi connectivity index (χ1) is 14.3. The van der Waals surface area contributed by atoms with E-state index in [2.05, 4.69) is 15.6 Å². The molecule has 0 saturated carbocycles. The van der Waals surface area contributed by atoms with Gasteiger partial charge in [-0.05, 0) is 25.8 Å². The smallest absolute Gasteiger partial charge is 0.249 e. The Hall–Kier alpha value is -2.39. The first kappa shape index (κ1) is 20.9. The summed E-state index contributed by atoms with van der Waals surface area (Å²) in [7, 11) is 0. The van der Waals surface area contributed by atoms with Crippen molar-refractivity contribution < 1.29 is 14.4 Å². The van der Waals surface area contributed by atoms with Gasteiger partial charge < -0.3 is 15.5 Å². The number of benzene rings is 1. The molecule has 30 heavy (non-hydrogen) atoms. The van der Waals surface area contributed by atoms with Gasteiger partial charge in [0.25, 0.3) is 0 Å². The lowest BCUT2D eigenvalue weighted by Crippen LogP contribution is -2.48. The summed E-state index contributed by atoms with van der Waals surface area (Å²) in [6, 6.07) is 7.32. The lowest BCUT2D eigenvalue weighted by atomic mass is 10.1. The predicted molar refractivity (Wildman–Crippen MR) is 119 cm³/mol. The Kier molecular flexibility index (Phi) is 5.59. The fraction of sp³-hybridized carbons (Fsp3) is 0.429. The van der Waals surface area contributed by atoms with E-state index in [1.807, 2.05) is 43.5 Å². The predicted octanol–water partition coefficient (Wildman–Crippen LogP) is 3.40. The molecule has 3 heterocycles. The summed E-state index contributed by atoms with van der Waals surface area (Å²) in [4.78, 5) is 42.3. The summed E-state index contributed by atoms with van der Waals surface area (Å²) in [5.41, 5.74) is 2.72. The Morgan fingerprint density at radius 3 is 2.73 bits per heavy atom. The molecule has 1 aromatic heterocycles. The highest BCUT2D eigenvalue weighted by Gasteiger charge is 2.52. The third-order valence-electron chi connectivity index (χ3n) is 5.61. The second-order valence-electron chi connectivity index (χ2n) is 7.84. The van der Waals surface area contributed by atoms with Gasteiger partial charge in [-0.2, -0.15) is 0 Å². The van der Waals surface area contributed by atoms with Crippen molar-refractivity contribution in [1.82, 2.24) is 15.2 Å². The van der Waals surface area contributed by atoms with Crippen LogP contribution in [-0.4, -0.2) is 44.3 Å². The number of nitrogens with zero attached hydrogens (tertiary/aromatic N) is 2. The van der Waals surface area contributed by atoms with E-state index < -0.39 is 6.04 Å². The van der Waals surface area contributed by atoms with Crippen LogP contribution in [0.4, 0.5) is 5.13 Å². The number of aromatic nitrogens is 1. The number of amides is 3. The molecular weight excluding hydrogens is 420 g/mol. The quantitative estimate of drug-likeness (QED) is 0.738. The molecule has 2 saturated heterocycles. The van der Waals surface area contributed by atoms with Crippen molar-refractivity contribution in [1.29, 1.82) is 0 Å². The normalized spacial score (nSPS) is 23.9. The third kappa shape index (κ3) is 3.96. The molecule has 4 rings (SSSR count). The monoisotopic (exact) mass is 444 g/mol. The Morgan fingerprint density at radius 1 is 1.30 bits per heavy atom. The minimum Gasteiger partial charge on any atom is -0.350 e. The molecule has 0 spiro atoms. The summed E-state index contributed by atoms with van der Waals surface area (Å²) in [5.74, 6) is 0.418. The number of rotatable bonds is 5. The minimum atomic E-state index is -0.447. The number of anilines is 1. The van der Waals surface area contributed by atoms with E-state index in [4.69, 9.17) is 0 Å². The average molecular weight is 445 g/mol. The number of carbonyl (C=O) groups excluding carboxylic acids is 3. The number of hydrogen-bond donors (Lipinski definition) is 2. The number of fused-ring (bicyclic) bond motifs is 1. The fourth-order valence-electron chi connectivity index (χ4n) is 4.00. The molecule has 158 valence electrons. The molecule has 0 radical (unpaired) electrons. The standard InChI is InChI=1S/C21H24N4O3S2/c1-12(22-13(2)26)14-4-6-15(7-5-14)16-10-29-20(23-16)24-19(28)17-11-30-21(3)9-8-18(27)25(17)21/h4-7,10,12,17H,8-9,11H2,1-3H3,(H,22,26)(H,23,24,28). The minimum absolute atomic E-state index is 0.0519. The van der Waals surface area contributed by atoms with Crippen LogP contribution in [0, 0.1) is 0 Å². The van der Waals surface area contributed by atoms with Gasteiger partial charge >= 0.3 is 0 Å². The second-order valence-corrected chi connectivity index (χ2v) is 10.2. The number of hydrogen-bond acceptors (Lipinski definition) is 6. The van der Waals surface area contributed by atoms with Crippen molar-refractivity contribution in [2.24, 2.45) is 0 Å². The summed E-state index contributed by atoms with van der Waals surface area (Å²) < 4.78 is 0. The zero-order chi connectivity index (χ0) is 21.5. The molecule has 9 heteroatoms. The SMILES string of the molecule is CC(=O)NC(C)c1ccc(-c2csc(NC(=O)C3CSC4(C)CCC(=O)N34)n2)cc1. The molecule has 2 N–H and O–H groups in total. The maximum absolute atomic E-state index is 12.8. The lowest BCUT2D eigenvalue weighted by Gasteiger charge is -2.29. The van der Waals surface area contributed by atoms with Crippen LogP contribution < -0.4 is 10.6 Å². The maximum atomic E-state index is 12.8.